The van der Waals surface area contributed by atoms with E-state index in [1.54, 1.807) is 19.2 Å². The number of para-hydroxylation sites is 1. The average Bonchev–Trinajstić information content (AvgIpc) is 2.93. The fourth-order valence-corrected chi connectivity index (χ4v) is 3.22. The molecule has 2 aromatic rings. The van der Waals surface area contributed by atoms with Gasteiger partial charge in [0.2, 0.25) is 0 Å². The lowest BCUT2D eigenvalue weighted by molar-refractivity contribution is -0.110. The standard InChI is InChI=1S/C22H24FNO2/c1-12(2)14-9-15(13(3)4)11-16(10-14)21(26-5)19-17-7-6-8-18(23)20(17)24-22(19)25/h6-13H,1-5H3,(H,24,25). The predicted octanol–water partition coefficient (Wildman–Crippen LogP) is 5.54. The van der Waals surface area contributed by atoms with Crippen LogP contribution in [0.3, 0.4) is 0 Å². The number of halogens is 1. The highest BCUT2D eigenvalue weighted by molar-refractivity contribution is 6.36. The average molecular weight is 353 g/mol. The minimum absolute atomic E-state index is 0.214. The van der Waals surface area contributed by atoms with E-state index < -0.39 is 5.82 Å². The molecule has 3 nitrogen and oxygen atoms in total. The largest absolute Gasteiger partial charge is 0.495 e. The first-order valence-electron chi connectivity index (χ1n) is 8.87. The number of hydrogen-bond donors (Lipinski definition) is 1. The summed E-state index contributed by atoms with van der Waals surface area (Å²) in [6.45, 7) is 8.54. The summed E-state index contributed by atoms with van der Waals surface area (Å²) in [5, 5.41) is 2.62. The van der Waals surface area contributed by atoms with Gasteiger partial charge in [0.15, 0.2) is 0 Å². The summed E-state index contributed by atoms with van der Waals surface area (Å²) in [7, 11) is 1.55. The van der Waals surface area contributed by atoms with E-state index in [2.05, 4.69) is 39.1 Å². The summed E-state index contributed by atoms with van der Waals surface area (Å²) >= 11 is 0. The fraction of sp³-hybridized carbons (Fsp3) is 0.318. The molecule has 3 rings (SSSR count). The number of methoxy groups -OCH3 is 1. The molecule has 2 aromatic carbocycles. The molecule has 136 valence electrons. The second-order valence-corrected chi connectivity index (χ2v) is 7.22. The SMILES string of the molecule is COC(=C1C(=O)Nc2c(F)cccc21)c1cc(C(C)C)cc(C(C)C)c1. The zero-order valence-electron chi connectivity index (χ0n) is 15.8. The molecule has 1 amide bonds. The zero-order chi connectivity index (χ0) is 19.0. The molecule has 0 radical (unpaired) electrons. The number of rotatable bonds is 4. The Hall–Kier alpha value is -2.62. The highest BCUT2D eigenvalue weighted by atomic mass is 19.1. The van der Waals surface area contributed by atoms with Crippen LogP contribution in [0.15, 0.2) is 36.4 Å². The Labute approximate surface area is 153 Å². The van der Waals surface area contributed by atoms with Crippen LogP contribution in [0.5, 0.6) is 0 Å². The Bertz CT molecular complexity index is 871. The van der Waals surface area contributed by atoms with Crippen LogP contribution in [0, 0.1) is 5.82 Å². The first kappa shape index (κ1) is 18.2. The van der Waals surface area contributed by atoms with Crippen molar-refractivity contribution in [3.63, 3.8) is 0 Å². The van der Waals surface area contributed by atoms with Gasteiger partial charge in [-0.1, -0.05) is 45.9 Å². The molecule has 0 spiro atoms. The normalized spacial score (nSPS) is 15.3. The molecule has 0 bridgehead atoms. The topological polar surface area (TPSA) is 38.3 Å². The molecule has 1 aliphatic heterocycles. The molecule has 0 unspecified atom stereocenters. The smallest absolute Gasteiger partial charge is 0.260 e. The summed E-state index contributed by atoms with van der Waals surface area (Å²) in [5.41, 5.74) is 4.32. The number of fused-ring (bicyclic) bond motifs is 1. The van der Waals surface area contributed by atoms with Crippen molar-refractivity contribution >= 4 is 22.9 Å². The van der Waals surface area contributed by atoms with Gasteiger partial charge < -0.3 is 10.1 Å². The van der Waals surface area contributed by atoms with E-state index in [1.807, 2.05) is 12.1 Å². The van der Waals surface area contributed by atoms with Gasteiger partial charge in [-0.15, -0.1) is 0 Å². The summed E-state index contributed by atoms with van der Waals surface area (Å²) in [6.07, 6.45) is 0. The van der Waals surface area contributed by atoms with Gasteiger partial charge in [-0.25, -0.2) is 4.39 Å². The van der Waals surface area contributed by atoms with Crippen molar-refractivity contribution in [1.29, 1.82) is 0 Å². The van der Waals surface area contributed by atoms with Gasteiger partial charge in [-0.05, 0) is 41.2 Å². The second-order valence-electron chi connectivity index (χ2n) is 7.22. The minimum atomic E-state index is -0.444. The van der Waals surface area contributed by atoms with E-state index in [4.69, 9.17) is 4.74 Å². The van der Waals surface area contributed by atoms with Gasteiger partial charge in [0.1, 0.15) is 11.6 Å². The molecule has 4 heteroatoms. The first-order valence-corrected chi connectivity index (χ1v) is 8.87. The van der Waals surface area contributed by atoms with Crippen LogP contribution < -0.4 is 5.32 Å². The summed E-state index contributed by atoms with van der Waals surface area (Å²) in [6, 6.07) is 11.0. The predicted molar refractivity (Wildman–Crippen MR) is 103 cm³/mol. The molecule has 0 saturated heterocycles. The molecular weight excluding hydrogens is 329 g/mol. The van der Waals surface area contributed by atoms with Crippen LogP contribution in [-0.4, -0.2) is 13.0 Å². The second kappa shape index (κ2) is 6.94. The van der Waals surface area contributed by atoms with E-state index in [-0.39, 0.29) is 11.6 Å². The molecule has 0 aliphatic carbocycles. The van der Waals surface area contributed by atoms with E-state index in [9.17, 15) is 9.18 Å². The highest BCUT2D eigenvalue weighted by Gasteiger charge is 2.31. The van der Waals surface area contributed by atoms with Gasteiger partial charge in [-0.3, -0.25) is 4.79 Å². The van der Waals surface area contributed by atoms with Crippen LogP contribution in [0.4, 0.5) is 10.1 Å². The molecule has 1 N–H and O–H groups in total. The van der Waals surface area contributed by atoms with Crippen molar-refractivity contribution in [2.75, 3.05) is 12.4 Å². The fourth-order valence-electron chi connectivity index (χ4n) is 3.22. The van der Waals surface area contributed by atoms with Gasteiger partial charge in [0.05, 0.1) is 18.4 Å². The summed E-state index contributed by atoms with van der Waals surface area (Å²) in [4.78, 5) is 12.6. The number of nitrogens with one attached hydrogen (secondary N) is 1. The highest BCUT2D eigenvalue weighted by Crippen LogP contribution is 2.39. The van der Waals surface area contributed by atoms with Gasteiger partial charge in [0, 0.05) is 11.1 Å². The van der Waals surface area contributed by atoms with Crippen LogP contribution in [0.1, 0.15) is 61.8 Å². The third kappa shape index (κ3) is 3.12. The van der Waals surface area contributed by atoms with Gasteiger partial charge in [0.25, 0.3) is 5.91 Å². The van der Waals surface area contributed by atoms with Crippen molar-refractivity contribution in [3.8, 4) is 0 Å². The minimum Gasteiger partial charge on any atom is -0.495 e. The number of anilines is 1. The third-order valence-corrected chi connectivity index (χ3v) is 4.75. The van der Waals surface area contributed by atoms with Crippen molar-refractivity contribution in [1.82, 2.24) is 0 Å². The summed E-state index contributed by atoms with van der Waals surface area (Å²) < 4.78 is 19.7. The number of ether oxygens (including phenoxy) is 1. The molecular formula is C22H24FNO2. The summed E-state index contributed by atoms with van der Waals surface area (Å²) in [5.74, 6) is 0.370. The quantitative estimate of drug-likeness (QED) is 0.579. The van der Waals surface area contributed by atoms with Crippen molar-refractivity contribution in [3.05, 3.63) is 64.5 Å². The molecule has 26 heavy (non-hydrogen) atoms. The van der Waals surface area contributed by atoms with Crippen molar-refractivity contribution in [2.45, 2.75) is 39.5 Å². The van der Waals surface area contributed by atoms with E-state index in [1.165, 1.54) is 17.2 Å². The number of amides is 1. The molecule has 0 saturated carbocycles. The monoisotopic (exact) mass is 353 g/mol. The number of carbonyl (C=O) groups is 1. The molecule has 1 aliphatic rings. The Balaban J connectivity index is 2.26. The van der Waals surface area contributed by atoms with Crippen molar-refractivity contribution in [2.24, 2.45) is 0 Å². The van der Waals surface area contributed by atoms with Crippen LogP contribution in [0.25, 0.3) is 11.3 Å². The Morgan fingerprint density at radius 2 is 1.65 bits per heavy atom. The number of hydrogen-bond acceptors (Lipinski definition) is 2. The lowest BCUT2D eigenvalue weighted by Crippen LogP contribution is -2.08. The molecule has 0 atom stereocenters. The van der Waals surface area contributed by atoms with E-state index in [0.29, 0.717) is 28.7 Å². The number of carbonyl (C=O) groups excluding carboxylic acids is 1. The Morgan fingerprint density at radius 1 is 1.04 bits per heavy atom. The maximum Gasteiger partial charge on any atom is 0.260 e. The molecule has 0 fully saturated rings. The Morgan fingerprint density at radius 3 is 2.19 bits per heavy atom. The third-order valence-electron chi connectivity index (χ3n) is 4.75. The first-order chi connectivity index (χ1) is 12.3. The van der Waals surface area contributed by atoms with E-state index in [0.717, 1.165) is 5.56 Å². The zero-order valence-corrected chi connectivity index (χ0v) is 15.8. The molecule has 0 aromatic heterocycles. The number of benzene rings is 2. The van der Waals surface area contributed by atoms with Crippen LogP contribution >= 0.6 is 0 Å². The maximum atomic E-state index is 14.1. The lowest BCUT2D eigenvalue weighted by Gasteiger charge is -2.17. The van der Waals surface area contributed by atoms with Gasteiger partial charge in [-0.2, -0.15) is 0 Å². The Kier molecular flexibility index (Phi) is 4.86. The van der Waals surface area contributed by atoms with Gasteiger partial charge >= 0.3 is 0 Å². The van der Waals surface area contributed by atoms with Crippen LogP contribution in [0.2, 0.25) is 0 Å². The van der Waals surface area contributed by atoms with Crippen molar-refractivity contribution < 1.29 is 13.9 Å². The van der Waals surface area contributed by atoms with Crippen LogP contribution in [-0.2, 0) is 9.53 Å². The molecule has 1 heterocycles. The lowest BCUT2D eigenvalue weighted by atomic mass is 9.91. The van der Waals surface area contributed by atoms with E-state index >= 15 is 0 Å². The maximum absolute atomic E-state index is 14.1.